The van der Waals surface area contributed by atoms with Crippen LogP contribution < -0.4 is 10.1 Å². The Balaban J connectivity index is 2.18. The minimum atomic E-state index is -0.133. The smallest absolute Gasteiger partial charge is 0.246 e. The third-order valence-electron chi connectivity index (χ3n) is 1.79. The predicted molar refractivity (Wildman–Crippen MR) is 59.8 cm³/mol. The molecule has 15 heavy (non-hydrogen) atoms. The molecule has 0 bridgehead atoms. The van der Waals surface area contributed by atoms with E-state index in [1.165, 1.54) is 0 Å². The maximum atomic E-state index is 11.1. The van der Waals surface area contributed by atoms with Gasteiger partial charge in [-0.2, -0.15) is 0 Å². The summed E-state index contributed by atoms with van der Waals surface area (Å²) in [6.45, 7) is 6.16. The average Bonchev–Trinajstić information content (AvgIpc) is 2.25. The molecular formula is C12H15NO2. The molecule has 0 saturated heterocycles. The topological polar surface area (TPSA) is 38.3 Å². The van der Waals surface area contributed by atoms with Crippen LogP contribution in [0.1, 0.15) is 6.92 Å². The van der Waals surface area contributed by atoms with Crippen LogP contribution in [0.2, 0.25) is 0 Å². The van der Waals surface area contributed by atoms with Gasteiger partial charge in [0.05, 0.1) is 6.54 Å². The van der Waals surface area contributed by atoms with E-state index in [4.69, 9.17) is 4.74 Å². The molecular weight excluding hydrogens is 190 g/mol. The largest absolute Gasteiger partial charge is 0.492 e. The van der Waals surface area contributed by atoms with E-state index in [1.54, 1.807) is 6.92 Å². The fourth-order valence-corrected chi connectivity index (χ4v) is 1.00. The minimum Gasteiger partial charge on any atom is -0.492 e. The van der Waals surface area contributed by atoms with Crippen molar-refractivity contribution in [2.45, 2.75) is 6.92 Å². The number of carbonyl (C=O) groups excluding carboxylic acids is 1. The number of hydrogen-bond donors (Lipinski definition) is 1. The second kappa shape index (κ2) is 5.86. The van der Waals surface area contributed by atoms with Gasteiger partial charge in [-0.1, -0.05) is 24.8 Å². The fraction of sp³-hybridized carbons (Fsp3) is 0.250. The SMILES string of the molecule is C=C(C)C(=O)NCCOc1ccccc1. The predicted octanol–water partition coefficient (Wildman–Crippen LogP) is 1.76. The summed E-state index contributed by atoms with van der Waals surface area (Å²) in [6.07, 6.45) is 0. The lowest BCUT2D eigenvalue weighted by atomic mass is 10.3. The Morgan fingerprint density at radius 2 is 2.07 bits per heavy atom. The summed E-state index contributed by atoms with van der Waals surface area (Å²) >= 11 is 0. The first-order valence-corrected chi connectivity index (χ1v) is 4.81. The molecule has 1 rings (SSSR count). The van der Waals surface area contributed by atoms with E-state index < -0.39 is 0 Å². The Kier molecular flexibility index (Phi) is 4.41. The zero-order valence-corrected chi connectivity index (χ0v) is 8.82. The van der Waals surface area contributed by atoms with Crippen LogP contribution in [-0.4, -0.2) is 19.1 Å². The van der Waals surface area contributed by atoms with E-state index >= 15 is 0 Å². The average molecular weight is 205 g/mol. The maximum Gasteiger partial charge on any atom is 0.246 e. The van der Waals surface area contributed by atoms with Crippen molar-refractivity contribution >= 4 is 5.91 Å². The normalized spacial score (nSPS) is 9.40. The van der Waals surface area contributed by atoms with Gasteiger partial charge in [0.15, 0.2) is 0 Å². The quantitative estimate of drug-likeness (QED) is 0.587. The van der Waals surface area contributed by atoms with Crippen LogP contribution in [0.5, 0.6) is 5.75 Å². The van der Waals surface area contributed by atoms with Crippen molar-refractivity contribution in [3.63, 3.8) is 0 Å². The van der Waals surface area contributed by atoms with Gasteiger partial charge in [0, 0.05) is 5.57 Å². The summed E-state index contributed by atoms with van der Waals surface area (Å²) in [5.41, 5.74) is 0.509. The van der Waals surface area contributed by atoms with Crippen molar-refractivity contribution in [2.24, 2.45) is 0 Å². The molecule has 0 aliphatic heterocycles. The summed E-state index contributed by atoms with van der Waals surface area (Å²) in [4.78, 5) is 11.1. The van der Waals surface area contributed by atoms with Crippen molar-refractivity contribution in [1.29, 1.82) is 0 Å². The van der Waals surface area contributed by atoms with Gasteiger partial charge in [0.1, 0.15) is 12.4 Å². The first-order chi connectivity index (χ1) is 7.20. The molecule has 0 saturated carbocycles. The van der Waals surface area contributed by atoms with Crippen LogP contribution in [0.15, 0.2) is 42.5 Å². The molecule has 1 aromatic rings. The summed E-state index contributed by atoms with van der Waals surface area (Å²) < 4.78 is 5.39. The van der Waals surface area contributed by atoms with Crippen LogP contribution in [0.3, 0.4) is 0 Å². The molecule has 0 aliphatic carbocycles. The molecule has 0 heterocycles. The van der Waals surface area contributed by atoms with Crippen LogP contribution in [0.4, 0.5) is 0 Å². The molecule has 1 amide bonds. The molecule has 0 aliphatic rings. The zero-order chi connectivity index (χ0) is 11.1. The number of amides is 1. The fourth-order valence-electron chi connectivity index (χ4n) is 1.00. The highest BCUT2D eigenvalue weighted by molar-refractivity contribution is 5.92. The molecule has 3 heteroatoms. The summed E-state index contributed by atoms with van der Waals surface area (Å²) in [6, 6.07) is 9.49. The van der Waals surface area contributed by atoms with Crippen molar-refractivity contribution in [3.05, 3.63) is 42.5 Å². The molecule has 1 aromatic carbocycles. The Labute approximate surface area is 89.8 Å². The highest BCUT2D eigenvalue weighted by Gasteiger charge is 1.99. The molecule has 0 spiro atoms. The second-order valence-corrected chi connectivity index (χ2v) is 3.20. The number of hydrogen-bond acceptors (Lipinski definition) is 2. The Morgan fingerprint density at radius 3 is 2.67 bits per heavy atom. The summed E-state index contributed by atoms with van der Waals surface area (Å²) in [5, 5.41) is 2.69. The van der Waals surface area contributed by atoms with Crippen LogP contribution in [0, 0.1) is 0 Å². The van der Waals surface area contributed by atoms with Crippen LogP contribution in [-0.2, 0) is 4.79 Å². The van der Waals surface area contributed by atoms with E-state index in [0.717, 1.165) is 5.75 Å². The summed E-state index contributed by atoms with van der Waals surface area (Å²) in [5.74, 6) is 0.675. The Bertz CT molecular complexity index is 333. The third-order valence-corrected chi connectivity index (χ3v) is 1.79. The molecule has 3 nitrogen and oxygen atoms in total. The van der Waals surface area contributed by atoms with Crippen molar-refractivity contribution in [1.82, 2.24) is 5.32 Å². The van der Waals surface area contributed by atoms with Gasteiger partial charge in [-0.3, -0.25) is 4.79 Å². The molecule has 0 radical (unpaired) electrons. The number of nitrogens with one attached hydrogen (secondary N) is 1. The summed E-state index contributed by atoms with van der Waals surface area (Å²) in [7, 11) is 0. The van der Waals surface area contributed by atoms with Crippen molar-refractivity contribution in [2.75, 3.05) is 13.2 Å². The second-order valence-electron chi connectivity index (χ2n) is 3.20. The van der Waals surface area contributed by atoms with Crippen LogP contribution >= 0.6 is 0 Å². The monoisotopic (exact) mass is 205 g/mol. The van der Waals surface area contributed by atoms with E-state index in [-0.39, 0.29) is 5.91 Å². The van der Waals surface area contributed by atoms with Gasteiger partial charge in [0.25, 0.3) is 0 Å². The number of ether oxygens (including phenoxy) is 1. The Morgan fingerprint density at radius 1 is 1.40 bits per heavy atom. The van der Waals surface area contributed by atoms with Gasteiger partial charge in [-0.05, 0) is 19.1 Å². The third kappa shape index (κ3) is 4.31. The molecule has 0 fully saturated rings. The number of carbonyl (C=O) groups is 1. The minimum absolute atomic E-state index is 0.133. The first-order valence-electron chi connectivity index (χ1n) is 4.81. The zero-order valence-electron chi connectivity index (χ0n) is 8.82. The van der Waals surface area contributed by atoms with Crippen LogP contribution in [0.25, 0.3) is 0 Å². The lowest BCUT2D eigenvalue weighted by Gasteiger charge is -2.07. The van der Waals surface area contributed by atoms with Gasteiger partial charge in [0.2, 0.25) is 5.91 Å². The van der Waals surface area contributed by atoms with Gasteiger partial charge in [-0.15, -0.1) is 0 Å². The lowest BCUT2D eigenvalue weighted by molar-refractivity contribution is -0.117. The maximum absolute atomic E-state index is 11.1. The van der Waals surface area contributed by atoms with Gasteiger partial charge in [-0.25, -0.2) is 0 Å². The highest BCUT2D eigenvalue weighted by Crippen LogP contribution is 2.07. The molecule has 1 N–H and O–H groups in total. The van der Waals surface area contributed by atoms with Gasteiger partial charge < -0.3 is 10.1 Å². The van der Waals surface area contributed by atoms with E-state index in [1.807, 2.05) is 30.3 Å². The molecule has 80 valence electrons. The standard InChI is InChI=1S/C12H15NO2/c1-10(2)12(14)13-8-9-15-11-6-4-3-5-7-11/h3-7H,1,8-9H2,2H3,(H,13,14). The molecule has 0 unspecified atom stereocenters. The van der Waals surface area contributed by atoms with E-state index in [2.05, 4.69) is 11.9 Å². The number of rotatable bonds is 5. The van der Waals surface area contributed by atoms with Crippen molar-refractivity contribution < 1.29 is 9.53 Å². The molecule has 0 atom stereocenters. The van der Waals surface area contributed by atoms with Crippen molar-refractivity contribution in [3.8, 4) is 5.75 Å². The number of benzene rings is 1. The van der Waals surface area contributed by atoms with E-state index in [0.29, 0.717) is 18.7 Å². The highest BCUT2D eigenvalue weighted by atomic mass is 16.5. The molecule has 0 aromatic heterocycles. The number of para-hydroxylation sites is 1. The van der Waals surface area contributed by atoms with Gasteiger partial charge >= 0.3 is 0 Å². The van der Waals surface area contributed by atoms with E-state index in [9.17, 15) is 4.79 Å². The lowest BCUT2D eigenvalue weighted by Crippen LogP contribution is -2.28. The first kappa shape index (κ1) is 11.3. The Hall–Kier alpha value is -1.77.